The first-order valence-electron chi connectivity index (χ1n) is 4.66. The van der Waals surface area contributed by atoms with Gasteiger partial charge in [-0.2, -0.15) is 0 Å². The van der Waals surface area contributed by atoms with Crippen LogP contribution in [0.2, 0.25) is 0 Å². The van der Waals surface area contributed by atoms with Gasteiger partial charge in [-0.25, -0.2) is 4.79 Å². The molecule has 0 aromatic carbocycles. The third-order valence-corrected chi connectivity index (χ3v) is 1.90. The fourth-order valence-corrected chi connectivity index (χ4v) is 1.09. The molecule has 82 valence electrons. The zero-order valence-electron chi connectivity index (χ0n) is 7.98. The first-order chi connectivity index (χ1) is 6.54. The molecule has 0 spiro atoms. The fourth-order valence-electron chi connectivity index (χ4n) is 1.09. The van der Waals surface area contributed by atoms with Crippen LogP contribution >= 0.6 is 0 Å². The molecule has 5 nitrogen and oxygen atoms in total. The maximum absolute atomic E-state index is 10.2. The number of aliphatic carboxylic acids is 2. The lowest BCUT2D eigenvalue weighted by atomic mass is 10.1. The maximum Gasteiger partial charge on any atom is 0.332 e. The van der Waals surface area contributed by atoms with Crippen molar-refractivity contribution in [1.29, 1.82) is 0 Å². The molecular formula is C9H16O5. The van der Waals surface area contributed by atoms with E-state index in [1.165, 1.54) is 0 Å². The molecule has 0 saturated carbocycles. The maximum atomic E-state index is 10.2. The van der Waals surface area contributed by atoms with Gasteiger partial charge in [0.1, 0.15) is 0 Å². The molecule has 0 aliphatic heterocycles. The molecule has 1 atom stereocenters. The summed E-state index contributed by atoms with van der Waals surface area (Å²) in [5, 5.41) is 25.5. The van der Waals surface area contributed by atoms with Crippen molar-refractivity contribution in [3.8, 4) is 0 Å². The van der Waals surface area contributed by atoms with Crippen LogP contribution in [0.25, 0.3) is 0 Å². The Labute approximate surface area is 82.4 Å². The SMILES string of the molecule is O=C(O)CCCCCCC(O)C(=O)O. The Bertz CT molecular complexity index is 190. The lowest BCUT2D eigenvalue weighted by Gasteiger charge is -2.04. The summed E-state index contributed by atoms with van der Waals surface area (Å²) in [7, 11) is 0. The van der Waals surface area contributed by atoms with E-state index in [-0.39, 0.29) is 12.8 Å². The van der Waals surface area contributed by atoms with Gasteiger partial charge in [-0.3, -0.25) is 4.79 Å². The third kappa shape index (κ3) is 7.54. The highest BCUT2D eigenvalue weighted by Crippen LogP contribution is 2.07. The molecule has 3 N–H and O–H groups in total. The monoisotopic (exact) mass is 204 g/mol. The van der Waals surface area contributed by atoms with E-state index in [2.05, 4.69) is 0 Å². The molecule has 0 heterocycles. The van der Waals surface area contributed by atoms with E-state index in [1.54, 1.807) is 0 Å². The summed E-state index contributed by atoms with van der Waals surface area (Å²) in [5.74, 6) is -2.01. The Hall–Kier alpha value is -1.10. The molecule has 0 aromatic heterocycles. The largest absolute Gasteiger partial charge is 0.481 e. The van der Waals surface area contributed by atoms with E-state index in [0.29, 0.717) is 12.8 Å². The summed E-state index contributed by atoms with van der Waals surface area (Å²) in [6.07, 6.45) is 1.86. The third-order valence-electron chi connectivity index (χ3n) is 1.90. The predicted octanol–water partition coefficient (Wildman–Crippen LogP) is 0.857. The van der Waals surface area contributed by atoms with Gasteiger partial charge in [0.2, 0.25) is 0 Å². The zero-order chi connectivity index (χ0) is 11.0. The summed E-state index contributed by atoms with van der Waals surface area (Å²) in [6.45, 7) is 0. The van der Waals surface area contributed by atoms with E-state index in [4.69, 9.17) is 15.3 Å². The van der Waals surface area contributed by atoms with Gasteiger partial charge in [-0.1, -0.05) is 19.3 Å². The summed E-state index contributed by atoms with van der Waals surface area (Å²) in [6, 6.07) is 0. The Morgan fingerprint density at radius 2 is 1.57 bits per heavy atom. The summed E-state index contributed by atoms with van der Waals surface area (Å²) >= 11 is 0. The minimum Gasteiger partial charge on any atom is -0.481 e. The number of carboxylic acid groups (broad SMARTS) is 2. The number of unbranched alkanes of at least 4 members (excludes halogenated alkanes) is 3. The second-order valence-electron chi connectivity index (χ2n) is 3.20. The molecular weight excluding hydrogens is 188 g/mol. The van der Waals surface area contributed by atoms with E-state index >= 15 is 0 Å². The Morgan fingerprint density at radius 3 is 2.07 bits per heavy atom. The molecule has 0 radical (unpaired) electrons. The number of aliphatic hydroxyl groups excluding tert-OH is 1. The fraction of sp³-hybridized carbons (Fsp3) is 0.778. The number of aliphatic hydroxyl groups is 1. The standard InChI is InChI=1S/C9H16O5/c10-7(9(13)14)5-3-1-2-4-6-8(11)12/h7,10H,1-6H2,(H,11,12)(H,13,14). The number of carboxylic acids is 2. The van der Waals surface area contributed by atoms with Crippen molar-refractivity contribution in [2.24, 2.45) is 0 Å². The van der Waals surface area contributed by atoms with Gasteiger partial charge in [0.05, 0.1) is 0 Å². The average molecular weight is 204 g/mol. The molecule has 0 amide bonds. The van der Waals surface area contributed by atoms with Crippen LogP contribution in [0.4, 0.5) is 0 Å². The van der Waals surface area contributed by atoms with Crippen LogP contribution in [0.1, 0.15) is 38.5 Å². The van der Waals surface area contributed by atoms with Gasteiger partial charge >= 0.3 is 11.9 Å². The topological polar surface area (TPSA) is 94.8 Å². The van der Waals surface area contributed by atoms with Crippen LogP contribution in [0.3, 0.4) is 0 Å². The molecule has 1 unspecified atom stereocenters. The van der Waals surface area contributed by atoms with Crippen molar-refractivity contribution in [2.45, 2.75) is 44.6 Å². The quantitative estimate of drug-likeness (QED) is 0.509. The number of rotatable bonds is 8. The van der Waals surface area contributed by atoms with Gasteiger partial charge < -0.3 is 15.3 Å². The van der Waals surface area contributed by atoms with Crippen LogP contribution < -0.4 is 0 Å². The van der Waals surface area contributed by atoms with Gasteiger partial charge in [0.15, 0.2) is 6.10 Å². The Balaban J connectivity index is 3.21. The van der Waals surface area contributed by atoms with Crippen molar-refractivity contribution in [3.05, 3.63) is 0 Å². The van der Waals surface area contributed by atoms with E-state index < -0.39 is 18.0 Å². The molecule has 5 heteroatoms. The van der Waals surface area contributed by atoms with Crippen LogP contribution in [0.5, 0.6) is 0 Å². The van der Waals surface area contributed by atoms with E-state index in [0.717, 1.165) is 12.8 Å². The highest BCUT2D eigenvalue weighted by Gasteiger charge is 2.11. The van der Waals surface area contributed by atoms with Crippen molar-refractivity contribution >= 4 is 11.9 Å². The van der Waals surface area contributed by atoms with Crippen LogP contribution in [-0.2, 0) is 9.59 Å². The number of hydrogen-bond donors (Lipinski definition) is 3. The molecule has 0 fully saturated rings. The molecule has 0 aromatic rings. The van der Waals surface area contributed by atoms with Crippen LogP contribution in [0, 0.1) is 0 Å². The minimum atomic E-state index is -1.28. The van der Waals surface area contributed by atoms with Gasteiger partial charge in [0.25, 0.3) is 0 Å². The summed E-state index contributed by atoms with van der Waals surface area (Å²) < 4.78 is 0. The van der Waals surface area contributed by atoms with Crippen molar-refractivity contribution in [1.82, 2.24) is 0 Å². The Kier molecular flexibility index (Phi) is 6.74. The summed E-state index contributed by atoms with van der Waals surface area (Å²) in [5.41, 5.74) is 0. The highest BCUT2D eigenvalue weighted by molar-refractivity contribution is 5.71. The molecule has 0 rings (SSSR count). The van der Waals surface area contributed by atoms with Crippen molar-refractivity contribution < 1.29 is 24.9 Å². The van der Waals surface area contributed by atoms with Crippen LogP contribution in [0.15, 0.2) is 0 Å². The predicted molar refractivity (Wildman–Crippen MR) is 49.0 cm³/mol. The normalized spacial score (nSPS) is 12.4. The van der Waals surface area contributed by atoms with Crippen LogP contribution in [-0.4, -0.2) is 33.4 Å². The molecule has 0 bridgehead atoms. The first kappa shape index (κ1) is 12.9. The summed E-state index contributed by atoms with van der Waals surface area (Å²) in [4.78, 5) is 20.3. The van der Waals surface area contributed by atoms with Gasteiger partial charge in [-0.05, 0) is 12.8 Å². The zero-order valence-corrected chi connectivity index (χ0v) is 7.98. The van der Waals surface area contributed by atoms with E-state index in [9.17, 15) is 9.59 Å². The average Bonchev–Trinajstić information content (AvgIpc) is 2.09. The smallest absolute Gasteiger partial charge is 0.332 e. The molecule has 0 saturated heterocycles. The number of hydrogen-bond acceptors (Lipinski definition) is 3. The molecule has 0 aliphatic rings. The van der Waals surface area contributed by atoms with Crippen molar-refractivity contribution in [3.63, 3.8) is 0 Å². The molecule has 14 heavy (non-hydrogen) atoms. The first-order valence-corrected chi connectivity index (χ1v) is 4.66. The highest BCUT2D eigenvalue weighted by atomic mass is 16.4. The van der Waals surface area contributed by atoms with Crippen molar-refractivity contribution in [2.75, 3.05) is 0 Å². The Morgan fingerprint density at radius 1 is 1.00 bits per heavy atom. The lowest BCUT2D eigenvalue weighted by molar-refractivity contribution is -0.147. The van der Waals surface area contributed by atoms with Gasteiger partial charge in [-0.15, -0.1) is 0 Å². The van der Waals surface area contributed by atoms with E-state index in [1.807, 2.05) is 0 Å². The lowest BCUT2D eigenvalue weighted by Crippen LogP contribution is -2.18. The number of carbonyl (C=O) groups is 2. The minimum absolute atomic E-state index is 0.154. The second kappa shape index (κ2) is 7.32. The second-order valence-corrected chi connectivity index (χ2v) is 3.20. The molecule has 0 aliphatic carbocycles. The van der Waals surface area contributed by atoms with Gasteiger partial charge in [0, 0.05) is 6.42 Å².